The van der Waals surface area contributed by atoms with E-state index in [1.165, 1.54) is 12.1 Å². The van der Waals surface area contributed by atoms with Crippen LogP contribution in [0.3, 0.4) is 0 Å². The van der Waals surface area contributed by atoms with E-state index in [4.69, 9.17) is 0 Å². The average molecular weight is 226 g/mol. The first-order chi connectivity index (χ1) is 6.95. The van der Waals surface area contributed by atoms with Crippen LogP contribution in [-0.4, -0.2) is 20.5 Å². The number of Topliss-reactive ketones (excluding diaryl/α,β-unsaturated/α-hetero) is 1. The summed E-state index contributed by atoms with van der Waals surface area (Å²) in [6.45, 7) is 1.91. The third-order valence-electron chi connectivity index (χ3n) is 2.06. The molecule has 0 saturated heterocycles. The van der Waals surface area contributed by atoms with Crippen LogP contribution >= 0.6 is 0 Å². The SMILES string of the molecule is CCCC(=O)c1cccc(S(C)(=O)=O)c1. The maximum atomic E-state index is 11.5. The van der Waals surface area contributed by atoms with Crippen molar-refractivity contribution in [1.29, 1.82) is 0 Å². The van der Waals surface area contributed by atoms with Crippen LogP contribution in [0.1, 0.15) is 30.1 Å². The largest absolute Gasteiger partial charge is 0.294 e. The van der Waals surface area contributed by atoms with Crippen molar-refractivity contribution in [3.63, 3.8) is 0 Å². The van der Waals surface area contributed by atoms with Gasteiger partial charge < -0.3 is 0 Å². The van der Waals surface area contributed by atoms with Gasteiger partial charge in [0.1, 0.15) is 0 Å². The van der Waals surface area contributed by atoms with Crippen LogP contribution in [0.4, 0.5) is 0 Å². The third kappa shape index (κ3) is 3.16. The predicted octanol–water partition coefficient (Wildman–Crippen LogP) is 2.07. The first kappa shape index (κ1) is 11.9. The van der Waals surface area contributed by atoms with Gasteiger partial charge in [0.25, 0.3) is 0 Å². The molecule has 0 spiro atoms. The minimum atomic E-state index is -3.23. The van der Waals surface area contributed by atoms with Crippen molar-refractivity contribution < 1.29 is 13.2 Å². The molecule has 4 heteroatoms. The summed E-state index contributed by atoms with van der Waals surface area (Å²) >= 11 is 0. The standard InChI is InChI=1S/C11H14O3S/c1-3-5-11(12)9-6-4-7-10(8-9)15(2,13)14/h4,6-8H,3,5H2,1-2H3. The fourth-order valence-electron chi connectivity index (χ4n) is 1.27. The van der Waals surface area contributed by atoms with Crippen molar-refractivity contribution in [1.82, 2.24) is 0 Å². The van der Waals surface area contributed by atoms with E-state index in [1.54, 1.807) is 12.1 Å². The van der Waals surface area contributed by atoms with Crippen molar-refractivity contribution in [3.05, 3.63) is 29.8 Å². The Bertz CT molecular complexity index is 460. The van der Waals surface area contributed by atoms with Gasteiger partial charge in [-0.05, 0) is 18.6 Å². The Labute approximate surface area is 90.0 Å². The Hall–Kier alpha value is -1.16. The van der Waals surface area contributed by atoms with Crippen LogP contribution in [0.15, 0.2) is 29.2 Å². The van der Waals surface area contributed by atoms with Gasteiger partial charge in [-0.2, -0.15) is 0 Å². The average Bonchev–Trinajstić information content (AvgIpc) is 2.17. The van der Waals surface area contributed by atoms with E-state index >= 15 is 0 Å². The van der Waals surface area contributed by atoms with Crippen molar-refractivity contribution in [3.8, 4) is 0 Å². The second-order valence-electron chi connectivity index (χ2n) is 3.47. The fraction of sp³-hybridized carbons (Fsp3) is 0.364. The normalized spacial score (nSPS) is 11.3. The molecule has 0 saturated carbocycles. The Morgan fingerprint density at radius 1 is 1.33 bits per heavy atom. The number of benzene rings is 1. The van der Waals surface area contributed by atoms with E-state index in [1.807, 2.05) is 6.92 Å². The van der Waals surface area contributed by atoms with Gasteiger partial charge in [-0.25, -0.2) is 8.42 Å². The van der Waals surface area contributed by atoms with Crippen LogP contribution in [0.2, 0.25) is 0 Å². The van der Waals surface area contributed by atoms with E-state index in [-0.39, 0.29) is 10.7 Å². The summed E-state index contributed by atoms with van der Waals surface area (Å²) in [5.41, 5.74) is 0.472. The summed E-state index contributed by atoms with van der Waals surface area (Å²) in [5.74, 6) is -0.0111. The maximum absolute atomic E-state index is 11.5. The molecule has 1 rings (SSSR count). The number of hydrogen-bond acceptors (Lipinski definition) is 3. The van der Waals surface area contributed by atoms with Crippen LogP contribution in [-0.2, 0) is 9.84 Å². The third-order valence-corrected chi connectivity index (χ3v) is 3.17. The molecule has 0 aliphatic carbocycles. The summed E-state index contributed by atoms with van der Waals surface area (Å²) in [6, 6.07) is 6.18. The maximum Gasteiger partial charge on any atom is 0.175 e. The van der Waals surface area contributed by atoms with Crippen LogP contribution in [0.25, 0.3) is 0 Å². The van der Waals surface area contributed by atoms with Crippen LogP contribution in [0.5, 0.6) is 0 Å². The lowest BCUT2D eigenvalue weighted by Crippen LogP contribution is -2.02. The molecule has 3 nitrogen and oxygen atoms in total. The smallest absolute Gasteiger partial charge is 0.175 e. The summed E-state index contributed by atoms with van der Waals surface area (Å²) in [7, 11) is -3.23. The minimum absolute atomic E-state index is 0.0111. The molecular weight excluding hydrogens is 212 g/mol. The quantitative estimate of drug-likeness (QED) is 0.738. The molecule has 1 aromatic carbocycles. The lowest BCUT2D eigenvalue weighted by atomic mass is 10.1. The number of ketones is 1. The summed E-state index contributed by atoms with van der Waals surface area (Å²) in [6.07, 6.45) is 2.35. The Morgan fingerprint density at radius 3 is 2.53 bits per heavy atom. The highest BCUT2D eigenvalue weighted by Gasteiger charge is 2.10. The molecule has 15 heavy (non-hydrogen) atoms. The molecule has 1 aromatic rings. The highest BCUT2D eigenvalue weighted by Crippen LogP contribution is 2.13. The van der Waals surface area contributed by atoms with Gasteiger partial charge in [-0.1, -0.05) is 19.1 Å². The molecule has 0 fully saturated rings. The Balaban J connectivity index is 3.09. The summed E-state index contributed by atoms with van der Waals surface area (Å²) in [4.78, 5) is 11.7. The van der Waals surface area contributed by atoms with E-state index in [0.29, 0.717) is 12.0 Å². The van der Waals surface area contributed by atoms with E-state index in [2.05, 4.69) is 0 Å². The minimum Gasteiger partial charge on any atom is -0.294 e. The summed E-state index contributed by atoms with van der Waals surface area (Å²) < 4.78 is 22.5. The first-order valence-corrected chi connectivity index (χ1v) is 6.67. The first-order valence-electron chi connectivity index (χ1n) is 4.78. The summed E-state index contributed by atoms with van der Waals surface area (Å²) in [5, 5.41) is 0. The van der Waals surface area contributed by atoms with Gasteiger partial charge in [-0.3, -0.25) is 4.79 Å². The molecule has 0 aliphatic rings. The van der Waals surface area contributed by atoms with Gasteiger partial charge >= 0.3 is 0 Å². The Morgan fingerprint density at radius 2 is 2.00 bits per heavy atom. The molecule has 0 amide bonds. The molecule has 82 valence electrons. The monoisotopic (exact) mass is 226 g/mol. The molecule has 0 aliphatic heterocycles. The lowest BCUT2D eigenvalue weighted by Gasteiger charge is -2.02. The molecule has 0 heterocycles. The highest BCUT2D eigenvalue weighted by molar-refractivity contribution is 7.90. The van der Waals surface area contributed by atoms with Crippen molar-refractivity contribution in [2.24, 2.45) is 0 Å². The van der Waals surface area contributed by atoms with E-state index in [0.717, 1.165) is 12.7 Å². The van der Waals surface area contributed by atoms with Crippen molar-refractivity contribution >= 4 is 15.6 Å². The van der Waals surface area contributed by atoms with E-state index < -0.39 is 9.84 Å². The molecule has 0 N–H and O–H groups in total. The van der Waals surface area contributed by atoms with Gasteiger partial charge in [0.15, 0.2) is 15.6 Å². The zero-order valence-electron chi connectivity index (χ0n) is 8.86. The molecule has 0 unspecified atom stereocenters. The van der Waals surface area contributed by atoms with Crippen LogP contribution < -0.4 is 0 Å². The van der Waals surface area contributed by atoms with E-state index in [9.17, 15) is 13.2 Å². The van der Waals surface area contributed by atoms with Gasteiger partial charge in [0.2, 0.25) is 0 Å². The van der Waals surface area contributed by atoms with Gasteiger partial charge in [0.05, 0.1) is 4.90 Å². The number of rotatable bonds is 4. The second-order valence-corrected chi connectivity index (χ2v) is 5.49. The fourth-order valence-corrected chi connectivity index (χ4v) is 1.94. The number of sulfone groups is 1. The molecular formula is C11H14O3S. The number of carbonyl (C=O) groups is 1. The lowest BCUT2D eigenvalue weighted by molar-refractivity contribution is 0.0981. The number of hydrogen-bond donors (Lipinski definition) is 0. The predicted molar refractivity (Wildman–Crippen MR) is 58.8 cm³/mol. The molecule has 0 aromatic heterocycles. The molecule has 0 radical (unpaired) electrons. The van der Waals surface area contributed by atoms with Crippen molar-refractivity contribution in [2.75, 3.05) is 6.26 Å². The molecule has 0 atom stereocenters. The second kappa shape index (κ2) is 4.57. The number of carbonyl (C=O) groups excluding carboxylic acids is 1. The van der Waals surface area contributed by atoms with Crippen LogP contribution in [0, 0.1) is 0 Å². The molecule has 0 bridgehead atoms. The topological polar surface area (TPSA) is 51.2 Å². The Kier molecular flexibility index (Phi) is 3.63. The van der Waals surface area contributed by atoms with Gasteiger partial charge in [0, 0.05) is 18.2 Å². The van der Waals surface area contributed by atoms with Crippen molar-refractivity contribution in [2.45, 2.75) is 24.7 Å². The zero-order valence-corrected chi connectivity index (χ0v) is 9.67. The highest BCUT2D eigenvalue weighted by atomic mass is 32.2. The van der Waals surface area contributed by atoms with Gasteiger partial charge in [-0.15, -0.1) is 0 Å². The zero-order chi connectivity index (χ0) is 11.5.